The maximum Gasteiger partial charge on any atom is 0.259 e. The Morgan fingerprint density at radius 1 is 1.00 bits per heavy atom. The fraction of sp³-hybridized carbons (Fsp3) is 0.154. The molecule has 0 bridgehead atoms. The highest BCUT2D eigenvalue weighted by atomic mass is 127. The van der Waals surface area contributed by atoms with Crippen molar-refractivity contribution in [3.05, 3.63) is 84.0 Å². The molecule has 3 rings (SSSR count). The molecule has 0 aliphatic rings. The summed E-state index contributed by atoms with van der Waals surface area (Å²) in [6, 6.07) is 17.8. The van der Waals surface area contributed by atoms with Gasteiger partial charge >= 0.3 is 0 Å². The molecule has 0 aliphatic carbocycles. The average Bonchev–Trinajstić information content (AvgIpc) is 2.91. The number of rotatable bonds is 10. The van der Waals surface area contributed by atoms with Gasteiger partial charge in [-0.25, -0.2) is 5.43 Å². The van der Waals surface area contributed by atoms with Crippen molar-refractivity contribution in [2.45, 2.75) is 6.61 Å². The molecule has 37 heavy (non-hydrogen) atoms. The molecule has 3 aromatic rings. The second kappa shape index (κ2) is 13.8. The largest absolute Gasteiger partial charge is 0.493 e. The molecule has 0 fully saturated rings. The zero-order valence-electron chi connectivity index (χ0n) is 19.9. The van der Waals surface area contributed by atoms with Gasteiger partial charge in [0.25, 0.3) is 11.8 Å². The first-order valence-corrected chi connectivity index (χ1v) is 12.9. The van der Waals surface area contributed by atoms with Crippen LogP contribution in [0.4, 0.5) is 0 Å². The topological polar surface area (TPSA) is 122 Å². The number of carbonyl (C=O) groups excluding carboxylic acids is 2. The van der Waals surface area contributed by atoms with Gasteiger partial charge in [-0.05, 0) is 98.8 Å². The third-order valence-electron chi connectivity index (χ3n) is 4.94. The number of nitriles is 1. The Bertz CT molecular complexity index is 1330. The van der Waals surface area contributed by atoms with Gasteiger partial charge in [0.05, 0.1) is 45.8 Å². The summed E-state index contributed by atoms with van der Waals surface area (Å²) >= 11 is 4.36. The van der Waals surface area contributed by atoms with Crippen LogP contribution < -0.4 is 25.0 Å². The van der Waals surface area contributed by atoms with E-state index in [9.17, 15) is 9.59 Å². The first kappa shape index (κ1) is 28.2. The molecule has 0 saturated carbocycles. The summed E-state index contributed by atoms with van der Waals surface area (Å²) in [7, 11) is 2.98. The normalized spacial score (nSPS) is 10.5. The van der Waals surface area contributed by atoms with Crippen LogP contribution in [0.5, 0.6) is 17.2 Å². The first-order chi connectivity index (χ1) is 17.8. The van der Waals surface area contributed by atoms with E-state index >= 15 is 0 Å². The Morgan fingerprint density at radius 2 is 1.68 bits per heavy atom. The van der Waals surface area contributed by atoms with Crippen LogP contribution >= 0.6 is 45.2 Å². The Morgan fingerprint density at radius 3 is 2.30 bits per heavy atom. The Kier molecular flexibility index (Phi) is 10.5. The van der Waals surface area contributed by atoms with Gasteiger partial charge in [0.2, 0.25) is 0 Å². The lowest BCUT2D eigenvalue weighted by Gasteiger charge is -2.11. The summed E-state index contributed by atoms with van der Waals surface area (Å²) < 4.78 is 18.1. The summed E-state index contributed by atoms with van der Waals surface area (Å²) in [5.41, 5.74) is 5.06. The molecule has 2 N–H and O–H groups in total. The van der Waals surface area contributed by atoms with Gasteiger partial charge in [-0.3, -0.25) is 9.59 Å². The van der Waals surface area contributed by atoms with Crippen LogP contribution in [0, 0.1) is 18.5 Å². The standard InChI is InChI=1S/C26H22I2N4O5/c1-35-22-8-7-19(11-23(22)36-2)26(34)30-14-24(33)32-31-13-18-9-20(27)25(21(28)10-18)37-15-17-5-3-16(12-29)4-6-17/h3-11,13H,14-15H2,1-2H3,(H,30,34)(H,32,33)/b31-13+. The van der Waals surface area contributed by atoms with Crippen LogP contribution in [-0.4, -0.2) is 38.8 Å². The van der Waals surface area contributed by atoms with Gasteiger partial charge in [-0.1, -0.05) is 12.1 Å². The van der Waals surface area contributed by atoms with E-state index in [4.69, 9.17) is 19.5 Å². The highest BCUT2D eigenvalue weighted by Crippen LogP contribution is 2.29. The predicted molar refractivity (Wildman–Crippen MR) is 155 cm³/mol. The van der Waals surface area contributed by atoms with Crippen LogP contribution in [-0.2, 0) is 11.4 Å². The second-order valence-electron chi connectivity index (χ2n) is 7.46. The lowest BCUT2D eigenvalue weighted by atomic mass is 10.1. The monoisotopic (exact) mass is 724 g/mol. The van der Waals surface area contributed by atoms with Crippen LogP contribution in [0.1, 0.15) is 27.0 Å². The van der Waals surface area contributed by atoms with Gasteiger partial charge in [-0.2, -0.15) is 10.4 Å². The van der Waals surface area contributed by atoms with E-state index in [2.05, 4.69) is 67.1 Å². The minimum atomic E-state index is -0.475. The second-order valence-corrected chi connectivity index (χ2v) is 9.78. The quantitative estimate of drug-likeness (QED) is 0.184. The number of ether oxygens (including phenoxy) is 3. The molecule has 0 saturated heterocycles. The molecule has 0 radical (unpaired) electrons. The molecule has 0 heterocycles. The van der Waals surface area contributed by atoms with E-state index in [-0.39, 0.29) is 6.54 Å². The average molecular weight is 724 g/mol. The van der Waals surface area contributed by atoms with Crippen molar-refractivity contribution in [3.63, 3.8) is 0 Å². The van der Waals surface area contributed by atoms with Crippen LogP contribution in [0.3, 0.4) is 0 Å². The first-order valence-electron chi connectivity index (χ1n) is 10.8. The van der Waals surface area contributed by atoms with Gasteiger partial charge in [0.15, 0.2) is 11.5 Å². The molecule has 2 amide bonds. The SMILES string of the molecule is COc1ccc(C(=O)NCC(=O)N/N=C/c2cc(I)c(OCc3ccc(C#N)cc3)c(I)c2)cc1OC. The third kappa shape index (κ3) is 8.05. The molecule has 0 unspecified atom stereocenters. The predicted octanol–water partition coefficient (Wildman–Crippen LogP) is 4.24. The fourth-order valence-electron chi connectivity index (χ4n) is 3.08. The van der Waals surface area contributed by atoms with Crippen molar-refractivity contribution in [2.75, 3.05) is 20.8 Å². The maximum atomic E-state index is 12.3. The van der Waals surface area contributed by atoms with Crippen LogP contribution in [0.2, 0.25) is 0 Å². The smallest absolute Gasteiger partial charge is 0.259 e. The maximum absolute atomic E-state index is 12.3. The molecule has 190 valence electrons. The van der Waals surface area contributed by atoms with E-state index in [0.717, 1.165) is 24.0 Å². The van der Waals surface area contributed by atoms with E-state index in [1.807, 2.05) is 24.3 Å². The molecule has 9 nitrogen and oxygen atoms in total. The van der Waals surface area contributed by atoms with Crippen molar-refractivity contribution in [1.82, 2.24) is 10.7 Å². The number of nitrogens with one attached hydrogen (secondary N) is 2. The summed E-state index contributed by atoms with van der Waals surface area (Å²) in [4.78, 5) is 24.5. The van der Waals surface area contributed by atoms with Gasteiger partial charge in [0, 0.05) is 5.56 Å². The number of halogens is 2. The number of hydrogen-bond donors (Lipinski definition) is 2. The van der Waals surface area contributed by atoms with E-state index < -0.39 is 11.8 Å². The molecule has 0 aliphatic heterocycles. The van der Waals surface area contributed by atoms with Crippen LogP contribution in [0.25, 0.3) is 0 Å². The molecule has 0 atom stereocenters. The molecule has 3 aromatic carbocycles. The summed E-state index contributed by atoms with van der Waals surface area (Å²) in [6.07, 6.45) is 1.52. The molecule has 0 aromatic heterocycles. The molecule has 11 heteroatoms. The van der Waals surface area contributed by atoms with Gasteiger partial charge < -0.3 is 19.5 Å². The lowest BCUT2D eigenvalue weighted by molar-refractivity contribution is -0.120. The van der Waals surface area contributed by atoms with Crippen LogP contribution in [0.15, 0.2) is 59.7 Å². The van der Waals surface area contributed by atoms with Gasteiger partial charge in [0.1, 0.15) is 12.4 Å². The minimum absolute atomic E-state index is 0.248. The Balaban J connectivity index is 1.51. The molecular weight excluding hydrogens is 702 g/mol. The third-order valence-corrected chi connectivity index (χ3v) is 6.55. The Labute approximate surface area is 241 Å². The van der Waals surface area contributed by atoms with Crippen molar-refractivity contribution >= 4 is 63.2 Å². The Hall–Kier alpha value is -3.38. The number of amides is 2. The minimum Gasteiger partial charge on any atom is -0.493 e. The van der Waals surface area contributed by atoms with Gasteiger partial charge in [-0.15, -0.1) is 0 Å². The number of nitrogens with zero attached hydrogens (tertiary/aromatic N) is 2. The van der Waals surface area contributed by atoms with E-state index in [1.54, 1.807) is 24.3 Å². The number of hydrogen-bond acceptors (Lipinski definition) is 7. The van der Waals surface area contributed by atoms with E-state index in [1.165, 1.54) is 26.5 Å². The highest BCUT2D eigenvalue weighted by Gasteiger charge is 2.12. The van der Waals surface area contributed by atoms with Crippen molar-refractivity contribution in [1.29, 1.82) is 5.26 Å². The number of benzene rings is 3. The number of methoxy groups -OCH3 is 2. The molecular formula is C26H22I2N4O5. The zero-order chi connectivity index (χ0) is 26.8. The van der Waals surface area contributed by atoms with Crippen molar-refractivity contribution in [3.8, 4) is 23.3 Å². The summed E-state index contributed by atoms with van der Waals surface area (Å²) in [5, 5.41) is 15.4. The lowest BCUT2D eigenvalue weighted by Crippen LogP contribution is -2.34. The summed E-state index contributed by atoms with van der Waals surface area (Å²) in [5.74, 6) is 0.753. The highest BCUT2D eigenvalue weighted by molar-refractivity contribution is 14.1. The zero-order valence-corrected chi connectivity index (χ0v) is 24.2. The number of carbonyl (C=O) groups is 2. The fourth-order valence-corrected chi connectivity index (χ4v) is 5.21. The molecule has 0 spiro atoms. The van der Waals surface area contributed by atoms with Crippen molar-refractivity contribution in [2.24, 2.45) is 5.10 Å². The summed E-state index contributed by atoms with van der Waals surface area (Å²) in [6.45, 7) is 0.123. The number of hydrazone groups is 1. The van der Waals surface area contributed by atoms with Crippen molar-refractivity contribution < 1.29 is 23.8 Å². The van der Waals surface area contributed by atoms with E-state index in [0.29, 0.717) is 29.2 Å².